The molecular formula is C20H18ClN5O. The molecule has 4 N–H and O–H groups in total. The number of hydrogen-bond donors (Lipinski definition) is 3. The van der Waals surface area contributed by atoms with E-state index in [1.54, 1.807) is 0 Å². The van der Waals surface area contributed by atoms with Crippen molar-refractivity contribution in [2.45, 2.75) is 13.2 Å². The number of aromatic nitrogens is 2. The fourth-order valence-electron chi connectivity index (χ4n) is 2.99. The van der Waals surface area contributed by atoms with Crippen molar-refractivity contribution in [3.05, 3.63) is 77.8 Å². The summed E-state index contributed by atoms with van der Waals surface area (Å²) in [5.41, 5.74) is 10.7. The standard InChI is InChI=1S/C20H18ClN5O/c21-20(23)18(10-22)24-15-7-6-14-11-26-16(12-27-19(14)8-15)9-17(25-26)13-4-2-1-3-5-13/h1-10,23-24H,11-12,22H2/b18-10+,23-20?. The summed E-state index contributed by atoms with van der Waals surface area (Å²) in [5, 5.41) is 15.1. The van der Waals surface area contributed by atoms with Crippen LogP contribution >= 0.6 is 11.6 Å². The second kappa shape index (κ2) is 7.17. The van der Waals surface area contributed by atoms with E-state index in [2.05, 4.69) is 11.4 Å². The summed E-state index contributed by atoms with van der Waals surface area (Å²) < 4.78 is 7.98. The zero-order valence-corrected chi connectivity index (χ0v) is 15.2. The van der Waals surface area contributed by atoms with Gasteiger partial charge in [0.1, 0.15) is 17.5 Å². The SMILES string of the molecule is N=C(Cl)/C(=C\N)Nc1ccc2c(c1)OCc1cc(-c3ccccc3)nn1C2. The normalized spacial score (nSPS) is 13.1. The highest BCUT2D eigenvalue weighted by Crippen LogP contribution is 2.30. The molecule has 1 aromatic heterocycles. The molecule has 0 amide bonds. The van der Waals surface area contributed by atoms with Gasteiger partial charge in [-0.25, -0.2) is 0 Å². The molecule has 3 aromatic rings. The average molecular weight is 380 g/mol. The third-order valence-electron chi connectivity index (χ3n) is 4.38. The van der Waals surface area contributed by atoms with Crippen LogP contribution in [0.5, 0.6) is 5.75 Å². The predicted molar refractivity (Wildman–Crippen MR) is 107 cm³/mol. The van der Waals surface area contributed by atoms with Gasteiger partial charge in [0.2, 0.25) is 0 Å². The summed E-state index contributed by atoms with van der Waals surface area (Å²) in [7, 11) is 0. The summed E-state index contributed by atoms with van der Waals surface area (Å²) in [4.78, 5) is 0. The van der Waals surface area contributed by atoms with Gasteiger partial charge in [-0.15, -0.1) is 0 Å². The van der Waals surface area contributed by atoms with E-state index < -0.39 is 0 Å². The van der Waals surface area contributed by atoms with Gasteiger partial charge in [0, 0.05) is 29.1 Å². The minimum atomic E-state index is -0.151. The van der Waals surface area contributed by atoms with Gasteiger partial charge in [0.15, 0.2) is 0 Å². The van der Waals surface area contributed by atoms with E-state index in [0.717, 1.165) is 34.0 Å². The molecule has 4 rings (SSSR count). The molecule has 6 nitrogen and oxygen atoms in total. The van der Waals surface area contributed by atoms with E-state index in [-0.39, 0.29) is 5.17 Å². The van der Waals surface area contributed by atoms with Gasteiger partial charge in [-0.2, -0.15) is 5.10 Å². The van der Waals surface area contributed by atoms with Crippen LogP contribution in [0.1, 0.15) is 11.3 Å². The minimum Gasteiger partial charge on any atom is -0.487 e. The first kappa shape index (κ1) is 17.2. The number of rotatable bonds is 4. The highest BCUT2D eigenvalue weighted by Gasteiger charge is 2.17. The second-order valence-electron chi connectivity index (χ2n) is 6.18. The van der Waals surface area contributed by atoms with Crippen molar-refractivity contribution in [1.82, 2.24) is 9.78 Å². The maximum Gasteiger partial charge on any atom is 0.146 e. The second-order valence-corrected chi connectivity index (χ2v) is 6.55. The Kier molecular flexibility index (Phi) is 4.56. The zero-order valence-electron chi connectivity index (χ0n) is 14.4. The number of hydrogen-bond acceptors (Lipinski definition) is 5. The van der Waals surface area contributed by atoms with Crippen LogP contribution in [0.25, 0.3) is 11.3 Å². The van der Waals surface area contributed by atoms with Crippen LogP contribution in [0.4, 0.5) is 5.69 Å². The van der Waals surface area contributed by atoms with Gasteiger partial charge in [-0.3, -0.25) is 10.1 Å². The molecule has 0 radical (unpaired) electrons. The quantitative estimate of drug-likeness (QED) is 0.599. The van der Waals surface area contributed by atoms with E-state index in [9.17, 15) is 0 Å². The first-order chi connectivity index (χ1) is 13.1. The van der Waals surface area contributed by atoms with Crippen LogP contribution in [0.2, 0.25) is 0 Å². The molecule has 2 heterocycles. The van der Waals surface area contributed by atoms with Gasteiger partial charge < -0.3 is 15.8 Å². The van der Waals surface area contributed by atoms with Crippen LogP contribution in [0.3, 0.4) is 0 Å². The Morgan fingerprint density at radius 1 is 1.22 bits per heavy atom. The first-order valence-electron chi connectivity index (χ1n) is 8.45. The van der Waals surface area contributed by atoms with Crippen LogP contribution in [-0.2, 0) is 13.2 Å². The monoisotopic (exact) mass is 379 g/mol. The number of ether oxygens (including phenoxy) is 1. The number of benzene rings is 2. The fraction of sp³-hybridized carbons (Fsp3) is 0.100. The van der Waals surface area contributed by atoms with Crippen LogP contribution in [0.15, 0.2) is 66.5 Å². The Balaban J connectivity index is 1.60. The molecule has 0 fully saturated rings. The number of anilines is 1. The summed E-state index contributed by atoms with van der Waals surface area (Å²) in [6, 6.07) is 17.9. The van der Waals surface area contributed by atoms with Crippen LogP contribution in [-0.4, -0.2) is 15.0 Å². The van der Waals surface area contributed by atoms with Crippen molar-refractivity contribution < 1.29 is 4.74 Å². The highest BCUT2D eigenvalue weighted by molar-refractivity contribution is 6.68. The molecule has 0 spiro atoms. The Morgan fingerprint density at radius 3 is 2.78 bits per heavy atom. The Bertz CT molecular complexity index is 1030. The fourth-order valence-corrected chi connectivity index (χ4v) is 3.10. The first-order valence-corrected chi connectivity index (χ1v) is 8.83. The number of nitrogens with one attached hydrogen (secondary N) is 2. The Morgan fingerprint density at radius 2 is 2.04 bits per heavy atom. The lowest BCUT2D eigenvalue weighted by molar-refractivity contribution is 0.302. The van der Waals surface area contributed by atoms with Crippen molar-refractivity contribution in [2.75, 3.05) is 5.32 Å². The zero-order chi connectivity index (χ0) is 18.8. The van der Waals surface area contributed by atoms with Crippen molar-refractivity contribution in [3.8, 4) is 17.0 Å². The Labute approximate surface area is 161 Å². The number of halogens is 1. The smallest absolute Gasteiger partial charge is 0.146 e. The molecule has 0 saturated heterocycles. The highest BCUT2D eigenvalue weighted by atomic mass is 35.5. The summed E-state index contributed by atoms with van der Waals surface area (Å²) in [6.45, 7) is 1.06. The van der Waals surface area contributed by atoms with Crippen molar-refractivity contribution in [3.63, 3.8) is 0 Å². The predicted octanol–water partition coefficient (Wildman–Crippen LogP) is 3.92. The van der Waals surface area contributed by atoms with Crippen LogP contribution < -0.4 is 15.8 Å². The molecule has 27 heavy (non-hydrogen) atoms. The average Bonchev–Trinajstić information content (AvgIpc) is 3.01. The number of allylic oxidation sites excluding steroid dienone is 1. The maximum atomic E-state index is 7.49. The third-order valence-corrected chi connectivity index (χ3v) is 4.58. The Hall–Kier alpha value is -3.25. The topological polar surface area (TPSA) is 89.0 Å². The summed E-state index contributed by atoms with van der Waals surface area (Å²) in [6.07, 6.45) is 1.27. The number of nitrogens with two attached hydrogens (primary N) is 1. The molecule has 2 aromatic carbocycles. The van der Waals surface area contributed by atoms with Crippen molar-refractivity contribution in [2.24, 2.45) is 5.73 Å². The lowest BCUT2D eigenvalue weighted by Gasteiger charge is -2.12. The van der Waals surface area contributed by atoms with Gasteiger partial charge in [0.05, 0.1) is 23.6 Å². The van der Waals surface area contributed by atoms with E-state index in [1.165, 1.54) is 6.20 Å². The van der Waals surface area contributed by atoms with Gasteiger partial charge in [0.25, 0.3) is 0 Å². The number of fused-ring (bicyclic) bond motifs is 2. The van der Waals surface area contributed by atoms with Gasteiger partial charge in [-0.05, 0) is 12.1 Å². The van der Waals surface area contributed by atoms with E-state index in [4.69, 9.17) is 32.6 Å². The van der Waals surface area contributed by atoms with Crippen molar-refractivity contribution >= 4 is 22.5 Å². The molecule has 0 aliphatic carbocycles. The number of nitrogens with zero attached hydrogens (tertiary/aromatic N) is 2. The minimum absolute atomic E-state index is 0.151. The molecule has 136 valence electrons. The van der Waals surface area contributed by atoms with Crippen molar-refractivity contribution in [1.29, 1.82) is 5.41 Å². The largest absolute Gasteiger partial charge is 0.487 e. The molecule has 0 bridgehead atoms. The van der Waals surface area contributed by atoms with E-state index in [0.29, 0.717) is 18.8 Å². The van der Waals surface area contributed by atoms with E-state index in [1.807, 2.05) is 53.2 Å². The molecular weight excluding hydrogens is 362 g/mol. The molecule has 0 saturated carbocycles. The molecule has 1 aliphatic heterocycles. The maximum absolute atomic E-state index is 7.49. The molecule has 0 unspecified atom stereocenters. The van der Waals surface area contributed by atoms with Crippen LogP contribution in [0, 0.1) is 5.41 Å². The lowest BCUT2D eigenvalue weighted by Crippen LogP contribution is -2.08. The lowest BCUT2D eigenvalue weighted by atomic mass is 10.1. The van der Waals surface area contributed by atoms with Gasteiger partial charge in [-0.1, -0.05) is 48.0 Å². The van der Waals surface area contributed by atoms with Gasteiger partial charge >= 0.3 is 0 Å². The van der Waals surface area contributed by atoms with E-state index >= 15 is 0 Å². The molecule has 7 heteroatoms. The summed E-state index contributed by atoms with van der Waals surface area (Å²) >= 11 is 5.70. The third kappa shape index (κ3) is 3.52. The summed E-state index contributed by atoms with van der Waals surface area (Å²) in [5.74, 6) is 0.768. The molecule has 0 atom stereocenters. The molecule has 1 aliphatic rings.